The molecule has 0 radical (unpaired) electrons. The molecule has 1 aliphatic rings. The molecule has 1 unspecified atom stereocenters. The van der Waals surface area contributed by atoms with E-state index in [9.17, 15) is 8.42 Å². The first-order valence-electron chi connectivity index (χ1n) is 10.5. The van der Waals surface area contributed by atoms with Gasteiger partial charge < -0.3 is 14.5 Å². The molecule has 1 saturated heterocycles. The van der Waals surface area contributed by atoms with Gasteiger partial charge in [0.1, 0.15) is 10.7 Å². The third-order valence-electron chi connectivity index (χ3n) is 5.25. The van der Waals surface area contributed by atoms with Gasteiger partial charge in [-0.3, -0.25) is 0 Å². The molecule has 1 aromatic carbocycles. The number of ether oxygens (including phenoxy) is 1. The van der Waals surface area contributed by atoms with E-state index < -0.39 is 10.0 Å². The van der Waals surface area contributed by atoms with Crippen molar-refractivity contribution in [3.8, 4) is 0 Å². The lowest BCUT2D eigenvalue weighted by molar-refractivity contribution is 0.122. The zero-order chi connectivity index (χ0) is 21.6. The number of morpholine rings is 1. The molecule has 1 aliphatic heterocycles. The predicted molar refractivity (Wildman–Crippen MR) is 121 cm³/mol. The van der Waals surface area contributed by atoms with Crippen LogP contribution < -0.4 is 14.5 Å². The first kappa shape index (κ1) is 22.5. The van der Waals surface area contributed by atoms with Gasteiger partial charge in [0.05, 0.1) is 13.2 Å². The Kier molecular flexibility index (Phi) is 7.69. The van der Waals surface area contributed by atoms with Crippen molar-refractivity contribution in [3.05, 3.63) is 48.2 Å². The molecule has 164 valence electrons. The highest BCUT2D eigenvalue weighted by atomic mass is 32.2. The lowest BCUT2D eigenvalue weighted by atomic mass is 10.1. The Bertz CT molecular complexity index is 912. The van der Waals surface area contributed by atoms with Gasteiger partial charge in [-0.2, -0.15) is 0 Å². The molecule has 1 atom stereocenters. The maximum Gasteiger partial charge on any atom is 0.242 e. The summed E-state index contributed by atoms with van der Waals surface area (Å²) in [5.74, 6) is 0.729. The molecule has 8 heteroatoms. The first-order chi connectivity index (χ1) is 14.4. The molecule has 0 amide bonds. The van der Waals surface area contributed by atoms with E-state index in [0.717, 1.165) is 45.0 Å². The maximum absolute atomic E-state index is 12.5. The van der Waals surface area contributed by atoms with Crippen LogP contribution in [-0.4, -0.2) is 52.8 Å². The van der Waals surface area contributed by atoms with Gasteiger partial charge in [-0.1, -0.05) is 31.5 Å². The highest BCUT2D eigenvalue weighted by molar-refractivity contribution is 7.89. The third kappa shape index (κ3) is 5.71. The lowest BCUT2D eigenvalue weighted by Crippen LogP contribution is -2.37. The fourth-order valence-electron chi connectivity index (χ4n) is 3.68. The fraction of sp³-hybridized carbons (Fsp3) is 0.500. The zero-order valence-electron chi connectivity index (χ0n) is 18.0. The first-order valence-corrected chi connectivity index (χ1v) is 12.0. The number of hydrogen-bond donors (Lipinski definition) is 1. The molecule has 3 rings (SSSR count). The second-order valence-electron chi connectivity index (χ2n) is 7.75. The number of rotatable bonds is 9. The van der Waals surface area contributed by atoms with Gasteiger partial charge in [0, 0.05) is 44.6 Å². The monoisotopic (exact) mass is 432 g/mol. The summed E-state index contributed by atoms with van der Waals surface area (Å²) in [5.41, 5.74) is 2.41. The number of hydrogen-bond acceptors (Lipinski definition) is 6. The van der Waals surface area contributed by atoms with Crippen molar-refractivity contribution in [2.45, 2.75) is 44.2 Å². The zero-order valence-corrected chi connectivity index (χ0v) is 18.9. The van der Waals surface area contributed by atoms with Crippen LogP contribution in [0.4, 0.5) is 11.5 Å². The Morgan fingerprint density at radius 3 is 2.60 bits per heavy atom. The molecule has 2 aromatic rings. The van der Waals surface area contributed by atoms with Gasteiger partial charge in [0.25, 0.3) is 0 Å². The van der Waals surface area contributed by atoms with Crippen LogP contribution in [0.3, 0.4) is 0 Å². The minimum absolute atomic E-state index is 0.0981. The number of sulfonamides is 1. The largest absolute Gasteiger partial charge is 0.378 e. The third-order valence-corrected chi connectivity index (χ3v) is 6.83. The summed E-state index contributed by atoms with van der Waals surface area (Å²) in [4.78, 5) is 8.98. The predicted octanol–water partition coefficient (Wildman–Crippen LogP) is 3.02. The molecular formula is C22H32N4O3S. The summed E-state index contributed by atoms with van der Waals surface area (Å²) in [5, 5.41) is 0. The molecule has 1 fully saturated rings. The van der Waals surface area contributed by atoms with Gasteiger partial charge >= 0.3 is 0 Å². The van der Waals surface area contributed by atoms with E-state index in [2.05, 4.69) is 32.8 Å². The summed E-state index contributed by atoms with van der Waals surface area (Å²) >= 11 is 0. The van der Waals surface area contributed by atoms with Crippen LogP contribution in [0.1, 0.15) is 32.3 Å². The number of benzene rings is 1. The van der Waals surface area contributed by atoms with E-state index in [1.165, 1.54) is 17.4 Å². The van der Waals surface area contributed by atoms with E-state index in [-0.39, 0.29) is 10.9 Å². The molecule has 1 N–H and O–H groups in total. The number of pyridine rings is 1. The standard InChI is InChI=1S/C22H32N4O3S/c1-4-7-18(2)24-30(27,28)20-10-11-22(23-16-20)25(3)17-19-8-5-6-9-21(19)26-12-14-29-15-13-26/h5-6,8-11,16,18,24H,4,7,12-15,17H2,1-3H3. The van der Waals surface area contributed by atoms with Crippen LogP contribution in [-0.2, 0) is 21.3 Å². The average Bonchev–Trinajstić information content (AvgIpc) is 2.74. The summed E-state index contributed by atoms with van der Waals surface area (Å²) in [6, 6.07) is 11.6. The fourth-order valence-corrected chi connectivity index (χ4v) is 4.90. The number of aromatic nitrogens is 1. The maximum atomic E-state index is 12.5. The van der Waals surface area contributed by atoms with Gasteiger partial charge in [0.15, 0.2) is 0 Å². The summed E-state index contributed by atoms with van der Waals surface area (Å²) in [6.45, 7) is 7.85. The minimum atomic E-state index is -3.55. The molecule has 0 saturated carbocycles. The Labute approximate surface area is 180 Å². The Morgan fingerprint density at radius 1 is 1.20 bits per heavy atom. The van der Waals surface area contributed by atoms with Crippen LogP contribution in [0.2, 0.25) is 0 Å². The quantitative estimate of drug-likeness (QED) is 0.657. The minimum Gasteiger partial charge on any atom is -0.378 e. The smallest absolute Gasteiger partial charge is 0.242 e. The molecular weight excluding hydrogens is 400 g/mol. The lowest BCUT2D eigenvalue weighted by Gasteiger charge is -2.31. The van der Waals surface area contributed by atoms with Crippen molar-refractivity contribution >= 4 is 21.5 Å². The van der Waals surface area contributed by atoms with Crippen LogP contribution in [0, 0.1) is 0 Å². The molecule has 0 bridgehead atoms. The van der Waals surface area contributed by atoms with Crippen molar-refractivity contribution in [1.82, 2.24) is 9.71 Å². The number of nitrogens with zero attached hydrogens (tertiary/aromatic N) is 3. The Hall–Kier alpha value is -2.16. The summed E-state index contributed by atoms with van der Waals surface area (Å²) in [6.07, 6.45) is 3.16. The van der Waals surface area contributed by atoms with E-state index >= 15 is 0 Å². The Balaban J connectivity index is 1.70. The summed E-state index contributed by atoms with van der Waals surface area (Å²) in [7, 11) is -1.59. The van der Waals surface area contributed by atoms with E-state index in [0.29, 0.717) is 6.54 Å². The Morgan fingerprint density at radius 2 is 1.93 bits per heavy atom. The van der Waals surface area contributed by atoms with Crippen LogP contribution in [0.5, 0.6) is 0 Å². The van der Waals surface area contributed by atoms with Crippen molar-refractivity contribution < 1.29 is 13.2 Å². The molecule has 0 aliphatic carbocycles. The van der Waals surface area contributed by atoms with E-state index in [1.54, 1.807) is 12.1 Å². The molecule has 2 heterocycles. The van der Waals surface area contributed by atoms with E-state index in [4.69, 9.17) is 4.74 Å². The number of nitrogens with one attached hydrogen (secondary N) is 1. The normalized spacial score (nSPS) is 15.8. The second-order valence-corrected chi connectivity index (χ2v) is 9.46. The van der Waals surface area contributed by atoms with Crippen LogP contribution in [0.25, 0.3) is 0 Å². The molecule has 30 heavy (non-hydrogen) atoms. The summed E-state index contributed by atoms with van der Waals surface area (Å²) < 4.78 is 33.2. The molecule has 1 aromatic heterocycles. The second kappa shape index (κ2) is 10.2. The highest BCUT2D eigenvalue weighted by Crippen LogP contribution is 2.24. The van der Waals surface area contributed by atoms with Crippen molar-refractivity contribution in [2.75, 3.05) is 43.2 Å². The average molecular weight is 433 g/mol. The van der Waals surface area contributed by atoms with E-state index in [1.807, 2.05) is 31.9 Å². The molecule has 7 nitrogen and oxygen atoms in total. The van der Waals surface area contributed by atoms with Crippen LogP contribution in [0.15, 0.2) is 47.5 Å². The van der Waals surface area contributed by atoms with Gasteiger partial charge in [-0.15, -0.1) is 0 Å². The van der Waals surface area contributed by atoms with Gasteiger partial charge in [-0.05, 0) is 37.1 Å². The van der Waals surface area contributed by atoms with Crippen molar-refractivity contribution in [1.29, 1.82) is 0 Å². The number of anilines is 2. The van der Waals surface area contributed by atoms with Crippen molar-refractivity contribution in [2.24, 2.45) is 0 Å². The highest BCUT2D eigenvalue weighted by Gasteiger charge is 2.19. The SMILES string of the molecule is CCCC(C)NS(=O)(=O)c1ccc(N(C)Cc2ccccc2N2CCOCC2)nc1. The van der Waals surface area contributed by atoms with Crippen LogP contribution >= 0.6 is 0 Å². The topological polar surface area (TPSA) is 74.8 Å². The van der Waals surface area contributed by atoms with Gasteiger partial charge in [0.2, 0.25) is 10.0 Å². The van der Waals surface area contributed by atoms with Crippen molar-refractivity contribution in [3.63, 3.8) is 0 Å². The molecule has 0 spiro atoms. The number of para-hydroxylation sites is 1. The van der Waals surface area contributed by atoms with Gasteiger partial charge in [-0.25, -0.2) is 18.1 Å².